The zero-order valence-corrected chi connectivity index (χ0v) is 13.0. The van der Waals surface area contributed by atoms with Gasteiger partial charge in [0.2, 0.25) is 0 Å². The first-order valence-electron chi connectivity index (χ1n) is 6.61. The van der Waals surface area contributed by atoms with E-state index in [-0.39, 0.29) is 0 Å². The van der Waals surface area contributed by atoms with Gasteiger partial charge < -0.3 is 5.11 Å². The van der Waals surface area contributed by atoms with E-state index in [0.717, 1.165) is 0 Å². The van der Waals surface area contributed by atoms with E-state index in [2.05, 4.69) is 9.97 Å². The Labute approximate surface area is 138 Å². The van der Waals surface area contributed by atoms with Crippen molar-refractivity contribution in [2.45, 2.75) is 5.60 Å². The highest BCUT2D eigenvalue weighted by Crippen LogP contribution is 2.39. The molecule has 0 aliphatic heterocycles. The summed E-state index contributed by atoms with van der Waals surface area (Å²) in [5, 5.41) is 12.5. The number of rotatable bonds is 3. The van der Waals surface area contributed by atoms with Crippen molar-refractivity contribution in [1.82, 2.24) is 9.97 Å². The van der Waals surface area contributed by atoms with Crippen molar-refractivity contribution in [3.8, 4) is 0 Å². The van der Waals surface area contributed by atoms with Crippen LogP contribution < -0.4 is 0 Å². The lowest BCUT2D eigenvalue weighted by Crippen LogP contribution is -2.29. The first-order chi connectivity index (χ1) is 10.6. The molecule has 1 N–H and O–H groups in total. The number of benzene rings is 2. The van der Waals surface area contributed by atoms with E-state index < -0.39 is 5.60 Å². The number of hydrogen-bond donors (Lipinski definition) is 1. The summed E-state index contributed by atoms with van der Waals surface area (Å²) in [6, 6.07) is 14.1. The number of aliphatic hydroxyl groups is 1. The highest BCUT2D eigenvalue weighted by molar-refractivity contribution is 6.31. The molecule has 5 heteroatoms. The predicted molar refractivity (Wildman–Crippen MR) is 87.0 cm³/mol. The van der Waals surface area contributed by atoms with Crippen molar-refractivity contribution in [3.05, 3.63) is 94.0 Å². The molecule has 0 saturated heterocycles. The van der Waals surface area contributed by atoms with Crippen molar-refractivity contribution in [2.75, 3.05) is 0 Å². The van der Waals surface area contributed by atoms with Crippen molar-refractivity contribution >= 4 is 23.2 Å². The predicted octanol–water partition coefficient (Wildman–Crippen LogP) is 4.07. The van der Waals surface area contributed by atoms with Gasteiger partial charge in [-0.1, -0.05) is 53.5 Å². The van der Waals surface area contributed by atoms with E-state index in [0.29, 0.717) is 26.7 Å². The Morgan fingerprint density at radius 3 is 2.09 bits per heavy atom. The first kappa shape index (κ1) is 15.0. The van der Waals surface area contributed by atoms with Crippen molar-refractivity contribution in [3.63, 3.8) is 0 Å². The zero-order chi connectivity index (χ0) is 15.6. The minimum Gasteiger partial charge on any atom is -0.376 e. The van der Waals surface area contributed by atoms with Crippen LogP contribution in [0.4, 0.5) is 0 Å². The molecule has 2 aromatic carbocycles. The largest absolute Gasteiger partial charge is 0.376 e. The molecule has 0 radical (unpaired) electrons. The summed E-state index contributed by atoms with van der Waals surface area (Å²) in [4.78, 5) is 8.02. The third-order valence-corrected chi connectivity index (χ3v) is 4.09. The lowest BCUT2D eigenvalue weighted by molar-refractivity contribution is 0.125. The quantitative estimate of drug-likeness (QED) is 0.787. The van der Waals surface area contributed by atoms with Gasteiger partial charge >= 0.3 is 0 Å². The van der Waals surface area contributed by atoms with Crippen LogP contribution in [0, 0.1) is 0 Å². The molecular weight excluding hydrogens is 319 g/mol. The highest BCUT2D eigenvalue weighted by atomic mass is 35.5. The highest BCUT2D eigenvalue weighted by Gasteiger charge is 2.36. The molecule has 0 fully saturated rings. The smallest absolute Gasteiger partial charge is 0.144 e. The Hall–Kier alpha value is -1.94. The Balaban J connectivity index is 2.27. The molecule has 3 nitrogen and oxygen atoms in total. The van der Waals surface area contributed by atoms with Crippen LogP contribution in [-0.4, -0.2) is 15.1 Å². The SMILES string of the molecule is O[C@](c1ccc(Cl)cc1)(c1cncnc1)c1ccccc1Cl. The molecule has 110 valence electrons. The molecule has 0 saturated carbocycles. The molecule has 1 aromatic heterocycles. The fraction of sp³-hybridized carbons (Fsp3) is 0.0588. The van der Waals surface area contributed by atoms with Crippen LogP contribution in [0.25, 0.3) is 0 Å². The molecule has 1 atom stereocenters. The van der Waals surface area contributed by atoms with Crippen molar-refractivity contribution in [1.29, 1.82) is 0 Å². The molecular formula is C17H12Cl2N2O. The molecule has 0 aliphatic rings. The van der Waals surface area contributed by atoms with E-state index in [9.17, 15) is 5.11 Å². The van der Waals surface area contributed by atoms with E-state index in [1.165, 1.54) is 6.33 Å². The molecule has 3 rings (SSSR count). The van der Waals surface area contributed by atoms with Gasteiger partial charge in [-0.15, -0.1) is 0 Å². The first-order valence-corrected chi connectivity index (χ1v) is 7.37. The van der Waals surface area contributed by atoms with Gasteiger partial charge in [0, 0.05) is 33.6 Å². The molecule has 0 aliphatic carbocycles. The number of hydrogen-bond acceptors (Lipinski definition) is 3. The van der Waals surface area contributed by atoms with Gasteiger partial charge in [0.25, 0.3) is 0 Å². The second-order valence-corrected chi connectivity index (χ2v) is 5.67. The summed E-state index contributed by atoms with van der Waals surface area (Å²) in [6.07, 6.45) is 4.56. The van der Waals surface area contributed by atoms with Crippen LogP contribution >= 0.6 is 23.2 Å². The summed E-state index contributed by atoms with van der Waals surface area (Å²) in [7, 11) is 0. The summed E-state index contributed by atoms with van der Waals surface area (Å²) in [5.41, 5.74) is 0.281. The topological polar surface area (TPSA) is 46.0 Å². The van der Waals surface area contributed by atoms with Gasteiger partial charge in [-0.25, -0.2) is 9.97 Å². The lowest BCUT2D eigenvalue weighted by Gasteiger charge is -2.30. The second kappa shape index (κ2) is 6.05. The molecule has 0 spiro atoms. The minimum absolute atomic E-state index is 0.462. The number of halogens is 2. The maximum Gasteiger partial charge on any atom is 0.144 e. The summed E-state index contributed by atoms with van der Waals surface area (Å²) in [5.74, 6) is 0. The van der Waals surface area contributed by atoms with Gasteiger partial charge in [-0.3, -0.25) is 0 Å². The fourth-order valence-electron chi connectivity index (χ4n) is 2.41. The van der Waals surface area contributed by atoms with Crippen LogP contribution in [0.5, 0.6) is 0 Å². The van der Waals surface area contributed by atoms with Gasteiger partial charge in [0.1, 0.15) is 11.9 Å². The third-order valence-electron chi connectivity index (χ3n) is 3.50. The fourth-order valence-corrected chi connectivity index (χ4v) is 2.81. The molecule has 22 heavy (non-hydrogen) atoms. The molecule has 3 aromatic rings. The second-order valence-electron chi connectivity index (χ2n) is 4.82. The summed E-state index contributed by atoms with van der Waals surface area (Å²) < 4.78 is 0. The molecule has 0 bridgehead atoms. The van der Waals surface area contributed by atoms with Crippen LogP contribution in [0.15, 0.2) is 67.3 Å². The van der Waals surface area contributed by atoms with Gasteiger partial charge in [0.15, 0.2) is 0 Å². The van der Waals surface area contributed by atoms with Gasteiger partial charge in [-0.2, -0.15) is 0 Å². The van der Waals surface area contributed by atoms with Crippen molar-refractivity contribution < 1.29 is 5.11 Å². The minimum atomic E-state index is -1.45. The monoisotopic (exact) mass is 330 g/mol. The Kier molecular flexibility index (Phi) is 4.12. The maximum absolute atomic E-state index is 11.5. The average Bonchev–Trinajstić information content (AvgIpc) is 2.56. The molecule has 0 unspecified atom stereocenters. The van der Waals surface area contributed by atoms with E-state index in [1.54, 1.807) is 48.8 Å². The third kappa shape index (κ3) is 2.59. The van der Waals surface area contributed by atoms with Gasteiger partial charge in [0.05, 0.1) is 0 Å². The Bertz CT molecular complexity index is 778. The zero-order valence-electron chi connectivity index (χ0n) is 11.4. The van der Waals surface area contributed by atoms with E-state index in [4.69, 9.17) is 23.2 Å². The standard InChI is InChI=1S/C17H12Cl2N2O/c18-14-7-5-12(6-8-14)17(22,13-9-20-11-21-10-13)15-3-1-2-4-16(15)19/h1-11,22H/t17-/m1/s1. The summed E-state index contributed by atoms with van der Waals surface area (Å²) in [6.45, 7) is 0. The van der Waals surface area contributed by atoms with Crippen molar-refractivity contribution in [2.24, 2.45) is 0 Å². The van der Waals surface area contributed by atoms with Crippen LogP contribution in [0.1, 0.15) is 16.7 Å². The molecule has 1 heterocycles. The van der Waals surface area contributed by atoms with Crippen LogP contribution in [0.2, 0.25) is 10.0 Å². The van der Waals surface area contributed by atoms with Gasteiger partial charge in [-0.05, 0) is 23.8 Å². The normalized spacial score (nSPS) is 13.6. The van der Waals surface area contributed by atoms with Crippen LogP contribution in [-0.2, 0) is 5.60 Å². The Morgan fingerprint density at radius 2 is 1.45 bits per heavy atom. The molecule has 0 amide bonds. The Morgan fingerprint density at radius 1 is 0.818 bits per heavy atom. The van der Waals surface area contributed by atoms with E-state index in [1.807, 2.05) is 12.1 Å². The van der Waals surface area contributed by atoms with Crippen LogP contribution in [0.3, 0.4) is 0 Å². The maximum atomic E-state index is 11.5. The lowest BCUT2D eigenvalue weighted by atomic mass is 9.81. The number of aromatic nitrogens is 2. The van der Waals surface area contributed by atoms with E-state index >= 15 is 0 Å². The summed E-state index contributed by atoms with van der Waals surface area (Å²) >= 11 is 12.3. The number of nitrogens with zero attached hydrogens (tertiary/aromatic N) is 2. The average molecular weight is 331 g/mol.